The van der Waals surface area contributed by atoms with Crippen LogP contribution in [0.3, 0.4) is 0 Å². The molecule has 0 saturated heterocycles. The second kappa shape index (κ2) is 6.73. The van der Waals surface area contributed by atoms with E-state index < -0.39 is 0 Å². The molecule has 2 N–H and O–H groups in total. The van der Waals surface area contributed by atoms with E-state index in [-0.39, 0.29) is 6.04 Å². The molecule has 19 heavy (non-hydrogen) atoms. The van der Waals surface area contributed by atoms with Gasteiger partial charge in [0.25, 0.3) is 0 Å². The van der Waals surface area contributed by atoms with Crippen LogP contribution in [0.5, 0.6) is 0 Å². The van der Waals surface area contributed by atoms with Gasteiger partial charge in [-0.25, -0.2) is 0 Å². The van der Waals surface area contributed by atoms with Crippen molar-refractivity contribution in [3.05, 3.63) is 40.2 Å². The van der Waals surface area contributed by atoms with Gasteiger partial charge in [0.15, 0.2) is 0 Å². The summed E-state index contributed by atoms with van der Waals surface area (Å²) < 4.78 is 4.02. The van der Waals surface area contributed by atoms with E-state index in [4.69, 9.17) is 5.73 Å². The quantitative estimate of drug-likeness (QED) is 0.881. The Morgan fingerprint density at radius 3 is 2.79 bits per heavy atom. The SMILES string of the molecule is CCCc1nnsc1C(N)Cc1ccc(CC)cn1. The van der Waals surface area contributed by atoms with Gasteiger partial charge in [-0.3, -0.25) is 4.98 Å². The van der Waals surface area contributed by atoms with E-state index in [1.165, 1.54) is 17.1 Å². The Morgan fingerprint density at radius 1 is 1.32 bits per heavy atom. The standard InChI is InChI=1S/C14H20N4S/c1-3-5-13-14(19-18-17-13)12(15)8-11-7-6-10(4-2)9-16-11/h6-7,9,12H,3-5,8,15H2,1-2H3. The topological polar surface area (TPSA) is 64.7 Å². The van der Waals surface area contributed by atoms with Crippen molar-refractivity contribution < 1.29 is 0 Å². The van der Waals surface area contributed by atoms with Crippen molar-refractivity contribution in [2.75, 3.05) is 0 Å². The van der Waals surface area contributed by atoms with Crippen LogP contribution in [0.2, 0.25) is 0 Å². The van der Waals surface area contributed by atoms with E-state index >= 15 is 0 Å². The van der Waals surface area contributed by atoms with Crippen LogP contribution in [-0.4, -0.2) is 14.6 Å². The van der Waals surface area contributed by atoms with Gasteiger partial charge in [0.1, 0.15) is 0 Å². The molecule has 2 heterocycles. The minimum Gasteiger partial charge on any atom is -0.323 e. The van der Waals surface area contributed by atoms with Crippen LogP contribution in [0.1, 0.15) is 48.1 Å². The highest BCUT2D eigenvalue weighted by Crippen LogP contribution is 2.22. The summed E-state index contributed by atoms with van der Waals surface area (Å²) in [5.41, 5.74) is 9.59. The van der Waals surface area contributed by atoms with Crippen LogP contribution in [0, 0.1) is 0 Å². The fourth-order valence-corrected chi connectivity index (χ4v) is 2.70. The molecule has 0 aliphatic carbocycles. The molecule has 0 aliphatic heterocycles. The zero-order valence-corrected chi connectivity index (χ0v) is 12.3. The second-order valence-electron chi connectivity index (χ2n) is 4.66. The summed E-state index contributed by atoms with van der Waals surface area (Å²) in [4.78, 5) is 5.56. The van der Waals surface area contributed by atoms with Crippen molar-refractivity contribution in [2.45, 2.75) is 45.6 Å². The van der Waals surface area contributed by atoms with E-state index in [1.54, 1.807) is 0 Å². The van der Waals surface area contributed by atoms with Crippen LogP contribution in [-0.2, 0) is 19.3 Å². The minimum atomic E-state index is -0.0541. The van der Waals surface area contributed by atoms with Crippen LogP contribution in [0.4, 0.5) is 0 Å². The summed E-state index contributed by atoms with van der Waals surface area (Å²) in [6.07, 6.45) is 5.69. The molecule has 0 aromatic carbocycles. The number of aryl methyl sites for hydroxylation is 2. The Morgan fingerprint density at radius 2 is 2.16 bits per heavy atom. The molecule has 0 radical (unpaired) electrons. The molecule has 0 amide bonds. The van der Waals surface area contributed by atoms with Crippen molar-refractivity contribution in [1.82, 2.24) is 14.6 Å². The van der Waals surface area contributed by atoms with E-state index in [2.05, 4.69) is 40.6 Å². The third-order valence-electron chi connectivity index (χ3n) is 3.13. The van der Waals surface area contributed by atoms with Crippen molar-refractivity contribution >= 4 is 11.5 Å². The van der Waals surface area contributed by atoms with Crippen molar-refractivity contribution in [3.8, 4) is 0 Å². The Hall–Kier alpha value is -1.33. The van der Waals surface area contributed by atoms with Crippen LogP contribution in [0.15, 0.2) is 18.3 Å². The van der Waals surface area contributed by atoms with Crippen LogP contribution >= 0.6 is 11.5 Å². The molecule has 0 spiro atoms. The van der Waals surface area contributed by atoms with Crippen molar-refractivity contribution in [3.63, 3.8) is 0 Å². The molecule has 102 valence electrons. The lowest BCUT2D eigenvalue weighted by molar-refractivity contribution is 0.701. The third kappa shape index (κ3) is 3.58. The summed E-state index contributed by atoms with van der Waals surface area (Å²) in [6, 6.07) is 4.13. The van der Waals surface area contributed by atoms with Gasteiger partial charge in [-0.1, -0.05) is 30.8 Å². The van der Waals surface area contributed by atoms with E-state index in [1.807, 2.05) is 6.20 Å². The summed E-state index contributed by atoms with van der Waals surface area (Å²) in [5, 5.41) is 4.16. The normalized spacial score (nSPS) is 12.6. The average molecular weight is 276 g/mol. The lowest BCUT2D eigenvalue weighted by atomic mass is 10.1. The monoisotopic (exact) mass is 276 g/mol. The number of pyridine rings is 1. The first-order valence-corrected chi connectivity index (χ1v) is 7.52. The zero-order valence-electron chi connectivity index (χ0n) is 11.5. The molecular weight excluding hydrogens is 256 g/mol. The summed E-state index contributed by atoms with van der Waals surface area (Å²) >= 11 is 1.41. The summed E-state index contributed by atoms with van der Waals surface area (Å²) in [7, 11) is 0. The lowest BCUT2D eigenvalue weighted by Gasteiger charge is -2.10. The molecule has 0 saturated carbocycles. The molecule has 0 bridgehead atoms. The van der Waals surface area contributed by atoms with Gasteiger partial charge in [-0.15, -0.1) is 5.10 Å². The predicted molar refractivity (Wildman–Crippen MR) is 78.2 cm³/mol. The summed E-state index contributed by atoms with van der Waals surface area (Å²) in [5.74, 6) is 0. The predicted octanol–water partition coefficient (Wildman–Crippen LogP) is 2.69. The molecule has 1 atom stereocenters. The Balaban J connectivity index is 2.06. The number of hydrogen-bond donors (Lipinski definition) is 1. The first-order valence-electron chi connectivity index (χ1n) is 6.75. The molecule has 2 aromatic rings. The molecular formula is C14H20N4S. The molecule has 2 aromatic heterocycles. The molecule has 0 fully saturated rings. The van der Waals surface area contributed by atoms with Gasteiger partial charge in [-0.2, -0.15) is 0 Å². The second-order valence-corrected chi connectivity index (χ2v) is 5.44. The third-order valence-corrected chi connectivity index (χ3v) is 4.03. The number of aromatic nitrogens is 3. The molecule has 4 nitrogen and oxygen atoms in total. The average Bonchev–Trinajstić information content (AvgIpc) is 2.88. The van der Waals surface area contributed by atoms with E-state index in [9.17, 15) is 0 Å². The highest BCUT2D eigenvalue weighted by Gasteiger charge is 2.16. The number of nitrogens with zero attached hydrogens (tertiary/aromatic N) is 3. The molecule has 5 heteroatoms. The first kappa shape index (κ1) is 14.1. The number of hydrogen-bond acceptors (Lipinski definition) is 5. The largest absolute Gasteiger partial charge is 0.323 e. The van der Waals surface area contributed by atoms with Gasteiger partial charge >= 0.3 is 0 Å². The highest BCUT2D eigenvalue weighted by atomic mass is 32.1. The van der Waals surface area contributed by atoms with Crippen molar-refractivity contribution in [1.29, 1.82) is 0 Å². The molecule has 1 unspecified atom stereocenters. The molecule has 0 aliphatic rings. The highest BCUT2D eigenvalue weighted by molar-refractivity contribution is 7.05. The minimum absolute atomic E-state index is 0.0541. The van der Waals surface area contributed by atoms with Crippen LogP contribution in [0.25, 0.3) is 0 Å². The molecule has 2 rings (SSSR count). The van der Waals surface area contributed by atoms with Gasteiger partial charge < -0.3 is 5.73 Å². The fraction of sp³-hybridized carbons (Fsp3) is 0.500. The maximum atomic E-state index is 6.26. The number of nitrogens with two attached hydrogens (primary N) is 1. The fourth-order valence-electron chi connectivity index (χ4n) is 2.01. The Labute approximate surface area is 118 Å². The van der Waals surface area contributed by atoms with Gasteiger partial charge in [-0.05, 0) is 36.0 Å². The maximum Gasteiger partial charge on any atom is 0.0803 e. The van der Waals surface area contributed by atoms with E-state index in [0.717, 1.165) is 41.9 Å². The Bertz CT molecular complexity index is 506. The Kier molecular flexibility index (Phi) is 4.99. The van der Waals surface area contributed by atoms with Gasteiger partial charge in [0, 0.05) is 24.4 Å². The van der Waals surface area contributed by atoms with Gasteiger partial charge in [0.05, 0.1) is 10.6 Å². The lowest BCUT2D eigenvalue weighted by Crippen LogP contribution is -2.14. The van der Waals surface area contributed by atoms with Crippen LogP contribution < -0.4 is 5.73 Å². The van der Waals surface area contributed by atoms with Gasteiger partial charge in [0.2, 0.25) is 0 Å². The summed E-state index contributed by atoms with van der Waals surface area (Å²) in [6.45, 7) is 4.27. The van der Waals surface area contributed by atoms with Crippen molar-refractivity contribution in [2.24, 2.45) is 5.73 Å². The number of rotatable bonds is 6. The maximum absolute atomic E-state index is 6.26. The van der Waals surface area contributed by atoms with E-state index in [0.29, 0.717) is 0 Å². The smallest absolute Gasteiger partial charge is 0.0803 e. The zero-order chi connectivity index (χ0) is 13.7. The first-order chi connectivity index (χ1) is 9.24.